The van der Waals surface area contributed by atoms with Gasteiger partial charge in [0.25, 0.3) is 0 Å². The lowest BCUT2D eigenvalue weighted by Gasteiger charge is -2.08. The number of aromatic nitrogens is 3. The van der Waals surface area contributed by atoms with Gasteiger partial charge in [-0.3, -0.25) is 4.68 Å². The quantitative estimate of drug-likeness (QED) is 0.774. The van der Waals surface area contributed by atoms with E-state index in [2.05, 4.69) is 51.6 Å². The van der Waals surface area contributed by atoms with Crippen LogP contribution in [0, 0.1) is 0 Å². The minimum atomic E-state index is 0.859. The van der Waals surface area contributed by atoms with Crippen LogP contribution >= 0.6 is 0 Å². The number of nitrogens with zero attached hydrogens (tertiary/aromatic N) is 3. The molecule has 0 spiro atoms. The Kier molecular flexibility index (Phi) is 3.09. The Morgan fingerprint density at radius 3 is 2.89 bits per heavy atom. The van der Waals surface area contributed by atoms with Crippen LogP contribution in [-0.2, 0) is 20.1 Å². The van der Waals surface area contributed by atoms with E-state index in [0.29, 0.717) is 0 Å². The lowest BCUT2D eigenvalue weighted by molar-refractivity contribution is 0.764. The van der Waals surface area contributed by atoms with Crippen LogP contribution in [0.2, 0.25) is 0 Å². The number of hydrogen-bond donors (Lipinski definition) is 1. The third-order valence-corrected chi connectivity index (χ3v) is 3.35. The van der Waals surface area contributed by atoms with Gasteiger partial charge in [-0.05, 0) is 24.1 Å². The molecular formula is C15H18N4. The Morgan fingerprint density at radius 1 is 1.26 bits per heavy atom. The van der Waals surface area contributed by atoms with Gasteiger partial charge in [0, 0.05) is 31.5 Å². The van der Waals surface area contributed by atoms with E-state index in [0.717, 1.165) is 13.1 Å². The average Bonchev–Trinajstić information content (AvgIpc) is 2.98. The summed E-state index contributed by atoms with van der Waals surface area (Å²) in [5.41, 5.74) is 3.86. The highest BCUT2D eigenvalue weighted by Gasteiger charge is 2.07. The number of nitrogens with one attached hydrogen (secondary N) is 1. The Morgan fingerprint density at radius 2 is 2.16 bits per heavy atom. The molecule has 0 unspecified atom stereocenters. The Bertz CT molecular complexity index is 693. The molecule has 4 nitrogen and oxygen atoms in total. The zero-order valence-electron chi connectivity index (χ0n) is 11.3. The smallest absolute Gasteiger partial charge is 0.0539 e. The molecule has 0 fully saturated rings. The molecule has 0 saturated heterocycles. The molecule has 0 aliphatic carbocycles. The standard InChI is InChI=1S/C15H18N4/c1-16-9-14-5-3-4-13-6-7-19(15(13)14)11-12-8-17-18(2)10-12/h3-8,10,16H,9,11H2,1-2H3. The van der Waals surface area contributed by atoms with Crippen molar-refractivity contribution < 1.29 is 0 Å². The van der Waals surface area contributed by atoms with Crippen LogP contribution in [-0.4, -0.2) is 21.4 Å². The summed E-state index contributed by atoms with van der Waals surface area (Å²) in [6.07, 6.45) is 6.13. The van der Waals surface area contributed by atoms with E-state index in [4.69, 9.17) is 0 Å². The maximum Gasteiger partial charge on any atom is 0.0539 e. The largest absolute Gasteiger partial charge is 0.343 e. The first kappa shape index (κ1) is 12.0. The van der Waals surface area contributed by atoms with Crippen molar-refractivity contribution in [2.24, 2.45) is 7.05 Å². The molecule has 1 aromatic carbocycles. The summed E-state index contributed by atoms with van der Waals surface area (Å²) >= 11 is 0. The maximum absolute atomic E-state index is 4.23. The van der Waals surface area contributed by atoms with Crippen molar-refractivity contribution in [2.75, 3.05) is 7.05 Å². The van der Waals surface area contributed by atoms with E-state index < -0.39 is 0 Å². The zero-order chi connectivity index (χ0) is 13.2. The number of para-hydroxylation sites is 1. The topological polar surface area (TPSA) is 34.8 Å². The molecule has 0 radical (unpaired) electrons. The van der Waals surface area contributed by atoms with Gasteiger partial charge in [0.1, 0.15) is 0 Å². The van der Waals surface area contributed by atoms with Crippen LogP contribution in [0.15, 0.2) is 42.9 Å². The van der Waals surface area contributed by atoms with Gasteiger partial charge in [-0.15, -0.1) is 0 Å². The van der Waals surface area contributed by atoms with Gasteiger partial charge in [0.15, 0.2) is 0 Å². The maximum atomic E-state index is 4.23. The minimum Gasteiger partial charge on any atom is -0.343 e. The molecule has 0 saturated carbocycles. The minimum absolute atomic E-state index is 0.859. The molecule has 2 aromatic heterocycles. The molecule has 2 heterocycles. The molecule has 0 aliphatic heterocycles. The summed E-state index contributed by atoms with van der Waals surface area (Å²) in [4.78, 5) is 0. The fourth-order valence-electron chi connectivity index (χ4n) is 2.56. The highest BCUT2D eigenvalue weighted by molar-refractivity contribution is 5.83. The van der Waals surface area contributed by atoms with Crippen molar-refractivity contribution in [1.29, 1.82) is 0 Å². The van der Waals surface area contributed by atoms with E-state index in [1.54, 1.807) is 0 Å². The van der Waals surface area contributed by atoms with E-state index in [-0.39, 0.29) is 0 Å². The number of benzene rings is 1. The van der Waals surface area contributed by atoms with Gasteiger partial charge in [0.05, 0.1) is 18.3 Å². The van der Waals surface area contributed by atoms with Crippen molar-refractivity contribution in [1.82, 2.24) is 19.7 Å². The molecule has 19 heavy (non-hydrogen) atoms. The second-order valence-corrected chi connectivity index (χ2v) is 4.85. The summed E-state index contributed by atoms with van der Waals surface area (Å²) in [6.45, 7) is 1.74. The first-order valence-electron chi connectivity index (χ1n) is 6.47. The molecule has 1 N–H and O–H groups in total. The van der Waals surface area contributed by atoms with Gasteiger partial charge in [0.2, 0.25) is 0 Å². The van der Waals surface area contributed by atoms with Crippen molar-refractivity contribution in [2.45, 2.75) is 13.1 Å². The summed E-state index contributed by atoms with van der Waals surface area (Å²) in [5, 5.41) is 8.75. The molecule has 0 amide bonds. The number of aryl methyl sites for hydroxylation is 1. The normalized spacial score (nSPS) is 11.3. The van der Waals surface area contributed by atoms with Gasteiger partial charge in [-0.2, -0.15) is 5.10 Å². The van der Waals surface area contributed by atoms with Crippen LogP contribution in [0.4, 0.5) is 0 Å². The molecule has 3 aromatic rings. The van der Waals surface area contributed by atoms with E-state index in [1.165, 1.54) is 22.0 Å². The first-order valence-corrected chi connectivity index (χ1v) is 6.47. The van der Waals surface area contributed by atoms with E-state index in [9.17, 15) is 0 Å². The van der Waals surface area contributed by atoms with Crippen LogP contribution in [0.1, 0.15) is 11.1 Å². The van der Waals surface area contributed by atoms with Crippen molar-refractivity contribution >= 4 is 10.9 Å². The second kappa shape index (κ2) is 4.90. The zero-order valence-corrected chi connectivity index (χ0v) is 11.3. The van der Waals surface area contributed by atoms with Crippen LogP contribution in [0.5, 0.6) is 0 Å². The lowest BCUT2D eigenvalue weighted by atomic mass is 10.1. The Balaban J connectivity index is 2.03. The molecule has 3 rings (SSSR count). The number of hydrogen-bond acceptors (Lipinski definition) is 2. The summed E-state index contributed by atoms with van der Waals surface area (Å²) in [5.74, 6) is 0. The van der Waals surface area contributed by atoms with Gasteiger partial charge < -0.3 is 9.88 Å². The third-order valence-electron chi connectivity index (χ3n) is 3.35. The predicted molar refractivity (Wildman–Crippen MR) is 77.0 cm³/mol. The van der Waals surface area contributed by atoms with E-state index in [1.807, 2.05) is 25.0 Å². The summed E-state index contributed by atoms with van der Waals surface area (Å²) < 4.78 is 4.13. The molecule has 98 valence electrons. The summed E-state index contributed by atoms with van der Waals surface area (Å²) in [7, 11) is 3.93. The Hall–Kier alpha value is -2.07. The Labute approximate surface area is 112 Å². The molecule has 0 aliphatic rings. The fourth-order valence-corrected chi connectivity index (χ4v) is 2.56. The lowest BCUT2D eigenvalue weighted by Crippen LogP contribution is -2.07. The predicted octanol–water partition coefficient (Wildman–Crippen LogP) is 2.14. The molecule has 0 bridgehead atoms. The van der Waals surface area contributed by atoms with Crippen molar-refractivity contribution in [3.8, 4) is 0 Å². The molecule has 4 heteroatoms. The van der Waals surface area contributed by atoms with Crippen molar-refractivity contribution in [3.05, 3.63) is 54.0 Å². The highest BCUT2D eigenvalue weighted by Crippen LogP contribution is 2.21. The highest BCUT2D eigenvalue weighted by atomic mass is 15.2. The fraction of sp³-hybridized carbons (Fsp3) is 0.267. The monoisotopic (exact) mass is 254 g/mol. The van der Waals surface area contributed by atoms with Crippen LogP contribution < -0.4 is 5.32 Å². The number of rotatable bonds is 4. The molecule has 0 atom stereocenters. The van der Waals surface area contributed by atoms with Gasteiger partial charge >= 0.3 is 0 Å². The number of fused-ring (bicyclic) bond motifs is 1. The van der Waals surface area contributed by atoms with Crippen molar-refractivity contribution in [3.63, 3.8) is 0 Å². The van der Waals surface area contributed by atoms with Gasteiger partial charge in [-0.25, -0.2) is 0 Å². The molecular weight excluding hydrogens is 236 g/mol. The first-order chi connectivity index (χ1) is 9.28. The second-order valence-electron chi connectivity index (χ2n) is 4.85. The SMILES string of the molecule is CNCc1cccc2ccn(Cc3cnn(C)c3)c12. The summed E-state index contributed by atoms with van der Waals surface area (Å²) in [6, 6.07) is 8.63. The van der Waals surface area contributed by atoms with Crippen LogP contribution in [0.3, 0.4) is 0 Å². The van der Waals surface area contributed by atoms with E-state index >= 15 is 0 Å². The van der Waals surface area contributed by atoms with Gasteiger partial charge in [-0.1, -0.05) is 18.2 Å². The third kappa shape index (κ3) is 2.27. The average molecular weight is 254 g/mol. The van der Waals surface area contributed by atoms with Crippen LogP contribution in [0.25, 0.3) is 10.9 Å².